The number of para-hydroxylation sites is 1. The zero-order chi connectivity index (χ0) is 18.2. The number of amides is 2. The Morgan fingerprint density at radius 2 is 1.68 bits per heavy atom. The van der Waals surface area contributed by atoms with Crippen LogP contribution in [0.2, 0.25) is 0 Å². The first kappa shape index (κ1) is 18.6. The predicted molar refractivity (Wildman–Crippen MR) is 101 cm³/mol. The molecule has 0 unspecified atom stereocenters. The summed E-state index contributed by atoms with van der Waals surface area (Å²) < 4.78 is 11.4. The van der Waals surface area contributed by atoms with Crippen molar-refractivity contribution in [3.05, 3.63) is 54.1 Å². The van der Waals surface area contributed by atoms with E-state index in [1.54, 1.807) is 11.9 Å². The Hall–Kier alpha value is -2.69. The van der Waals surface area contributed by atoms with Crippen LogP contribution in [0.15, 0.2) is 48.5 Å². The lowest BCUT2D eigenvalue weighted by Gasteiger charge is -2.20. The first-order chi connectivity index (χ1) is 12.0. The minimum atomic E-state index is -0.129. The number of urea groups is 1. The third kappa shape index (κ3) is 5.71. The first-order valence-corrected chi connectivity index (χ1v) is 8.43. The average Bonchev–Trinajstić information content (AvgIpc) is 2.59. The van der Waals surface area contributed by atoms with E-state index in [2.05, 4.69) is 5.32 Å². The van der Waals surface area contributed by atoms with Crippen LogP contribution >= 0.6 is 0 Å². The van der Waals surface area contributed by atoms with Gasteiger partial charge in [-0.05, 0) is 56.7 Å². The Morgan fingerprint density at radius 1 is 1.04 bits per heavy atom. The van der Waals surface area contributed by atoms with Gasteiger partial charge in [0, 0.05) is 18.8 Å². The lowest BCUT2D eigenvalue weighted by molar-refractivity contribution is 0.216. The van der Waals surface area contributed by atoms with Gasteiger partial charge in [-0.1, -0.05) is 18.2 Å². The molecule has 0 atom stereocenters. The molecule has 0 spiro atoms. The molecule has 25 heavy (non-hydrogen) atoms. The van der Waals surface area contributed by atoms with E-state index < -0.39 is 0 Å². The summed E-state index contributed by atoms with van der Waals surface area (Å²) in [6.45, 7) is 6.81. The van der Waals surface area contributed by atoms with Crippen molar-refractivity contribution < 1.29 is 14.3 Å². The van der Waals surface area contributed by atoms with Crippen molar-refractivity contribution in [1.82, 2.24) is 5.32 Å². The van der Waals surface area contributed by atoms with E-state index in [4.69, 9.17) is 9.47 Å². The Morgan fingerprint density at radius 3 is 2.32 bits per heavy atom. The highest BCUT2D eigenvalue weighted by Crippen LogP contribution is 2.19. The molecule has 0 radical (unpaired) electrons. The maximum atomic E-state index is 12.0. The van der Waals surface area contributed by atoms with Crippen molar-refractivity contribution in [2.75, 3.05) is 25.2 Å². The molecule has 0 fully saturated rings. The molecular weight excluding hydrogens is 316 g/mol. The van der Waals surface area contributed by atoms with Crippen LogP contribution in [0.3, 0.4) is 0 Å². The van der Waals surface area contributed by atoms with Crippen LogP contribution in [0.25, 0.3) is 0 Å². The summed E-state index contributed by atoms with van der Waals surface area (Å²) in [6, 6.07) is 15.3. The van der Waals surface area contributed by atoms with Crippen molar-refractivity contribution in [2.24, 2.45) is 0 Å². The number of nitrogens with one attached hydrogen (secondary N) is 1. The molecule has 0 aliphatic heterocycles. The van der Waals surface area contributed by atoms with Crippen LogP contribution < -0.4 is 19.7 Å². The van der Waals surface area contributed by atoms with Gasteiger partial charge in [0.25, 0.3) is 0 Å². The number of hydrogen-bond donors (Lipinski definition) is 1. The predicted octanol–water partition coefficient (Wildman–Crippen LogP) is 4.01. The summed E-state index contributed by atoms with van der Waals surface area (Å²) in [7, 11) is 1.74. The Labute approximate surface area is 149 Å². The van der Waals surface area contributed by atoms with Crippen LogP contribution in [-0.4, -0.2) is 32.3 Å². The second-order valence-electron chi connectivity index (χ2n) is 6.12. The number of benzene rings is 2. The third-order valence-electron chi connectivity index (χ3n) is 3.64. The van der Waals surface area contributed by atoms with E-state index in [9.17, 15) is 4.79 Å². The number of aryl methyl sites for hydroxylation is 1. The normalized spacial score (nSPS) is 10.4. The van der Waals surface area contributed by atoms with Gasteiger partial charge in [0.2, 0.25) is 0 Å². The molecule has 2 aromatic rings. The molecule has 5 heteroatoms. The highest BCUT2D eigenvalue weighted by atomic mass is 16.5. The molecule has 2 rings (SSSR count). The monoisotopic (exact) mass is 342 g/mol. The minimum Gasteiger partial charge on any atom is -0.490 e. The van der Waals surface area contributed by atoms with E-state index in [0.29, 0.717) is 13.2 Å². The molecule has 5 nitrogen and oxygen atoms in total. The van der Waals surface area contributed by atoms with Crippen LogP contribution in [0.1, 0.15) is 19.4 Å². The Bertz CT molecular complexity index is 684. The van der Waals surface area contributed by atoms with E-state index >= 15 is 0 Å². The van der Waals surface area contributed by atoms with Crippen molar-refractivity contribution >= 4 is 11.7 Å². The van der Waals surface area contributed by atoms with Crippen LogP contribution in [0.4, 0.5) is 10.5 Å². The second kappa shape index (κ2) is 8.97. The summed E-state index contributed by atoms with van der Waals surface area (Å²) in [6.07, 6.45) is 0. The molecule has 0 bridgehead atoms. The molecule has 1 N–H and O–H groups in total. The zero-order valence-electron chi connectivity index (χ0n) is 15.3. The highest BCUT2D eigenvalue weighted by molar-refractivity contribution is 5.91. The van der Waals surface area contributed by atoms with Crippen molar-refractivity contribution in [2.45, 2.75) is 26.8 Å². The number of rotatable bonds is 7. The largest absolute Gasteiger partial charge is 0.490 e. The fraction of sp³-hybridized carbons (Fsp3) is 0.350. The topological polar surface area (TPSA) is 50.8 Å². The Balaban J connectivity index is 1.80. The Kier molecular flexibility index (Phi) is 6.69. The summed E-state index contributed by atoms with van der Waals surface area (Å²) >= 11 is 0. The van der Waals surface area contributed by atoms with Gasteiger partial charge in [-0.3, -0.25) is 4.90 Å². The molecule has 0 heterocycles. The number of ether oxygens (including phenoxy) is 2. The van der Waals surface area contributed by atoms with Gasteiger partial charge in [0.1, 0.15) is 24.7 Å². The first-order valence-electron chi connectivity index (χ1n) is 8.43. The van der Waals surface area contributed by atoms with Gasteiger partial charge in [-0.25, -0.2) is 4.79 Å². The number of carbonyl (C=O) groups excluding carboxylic acids is 1. The van der Waals surface area contributed by atoms with Crippen LogP contribution in [0, 0.1) is 6.92 Å². The molecule has 0 aromatic heterocycles. The minimum absolute atomic E-state index is 0.103. The fourth-order valence-corrected chi connectivity index (χ4v) is 2.26. The van der Waals surface area contributed by atoms with Gasteiger partial charge in [0.05, 0.1) is 0 Å². The van der Waals surface area contributed by atoms with Gasteiger partial charge in [-0.15, -0.1) is 0 Å². The summed E-state index contributed by atoms with van der Waals surface area (Å²) in [5.41, 5.74) is 1.91. The molecule has 0 saturated carbocycles. The standard InChI is InChI=1S/C20H26N2O3/c1-15(2)21-20(23)22(4)17-9-11-18(12-10-17)24-13-14-25-19-8-6-5-7-16(19)3/h5-12,15H,13-14H2,1-4H3,(H,21,23). The molecule has 134 valence electrons. The maximum absolute atomic E-state index is 12.0. The third-order valence-corrected chi connectivity index (χ3v) is 3.64. The number of carbonyl (C=O) groups is 1. The van der Waals surface area contributed by atoms with Gasteiger partial charge in [0.15, 0.2) is 0 Å². The van der Waals surface area contributed by atoms with Gasteiger partial charge < -0.3 is 14.8 Å². The van der Waals surface area contributed by atoms with Crippen LogP contribution in [-0.2, 0) is 0 Å². The maximum Gasteiger partial charge on any atom is 0.321 e. The van der Waals surface area contributed by atoms with E-state index in [1.165, 1.54) is 0 Å². The molecule has 0 saturated heterocycles. The second-order valence-corrected chi connectivity index (χ2v) is 6.12. The zero-order valence-corrected chi connectivity index (χ0v) is 15.3. The SMILES string of the molecule is Cc1ccccc1OCCOc1ccc(N(C)C(=O)NC(C)C)cc1. The van der Waals surface area contributed by atoms with Crippen molar-refractivity contribution in [3.63, 3.8) is 0 Å². The summed E-state index contributed by atoms with van der Waals surface area (Å²) in [5.74, 6) is 1.62. The summed E-state index contributed by atoms with van der Waals surface area (Å²) in [4.78, 5) is 13.6. The average molecular weight is 342 g/mol. The quantitative estimate of drug-likeness (QED) is 0.774. The molecule has 0 aliphatic rings. The summed E-state index contributed by atoms with van der Waals surface area (Å²) in [5, 5.41) is 2.86. The van der Waals surface area contributed by atoms with Gasteiger partial charge >= 0.3 is 6.03 Å². The van der Waals surface area contributed by atoms with Crippen LogP contribution in [0.5, 0.6) is 11.5 Å². The number of anilines is 1. The van der Waals surface area contributed by atoms with Crippen molar-refractivity contribution in [1.29, 1.82) is 0 Å². The van der Waals surface area contributed by atoms with Crippen molar-refractivity contribution in [3.8, 4) is 11.5 Å². The molecular formula is C20H26N2O3. The van der Waals surface area contributed by atoms with Gasteiger partial charge in [-0.2, -0.15) is 0 Å². The molecule has 2 amide bonds. The molecule has 2 aromatic carbocycles. The number of nitrogens with zero attached hydrogens (tertiary/aromatic N) is 1. The highest BCUT2D eigenvalue weighted by Gasteiger charge is 2.11. The lowest BCUT2D eigenvalue weighted by atomic mass is 10.2. The number of hydrogen-bond acceptors (Lipinski definition) is 3. The smallest absolute Gasteiger partial charge is 0.321 e. The van der Waals surface area contributed by atoms with E-state index in [1.807, 2.05) is 69.3 Å². The molecule has 0 aliphatic carbocycles. The fourth-order valence-electron chi connectivity index (χ4n) is 2.26. The van der Waals surface area contributed by atoms with E-state index in [-0.39, 0.29) is 12.1 Å². The lowest BCUT2D eigenvalue weighted by Crippen LogP contribution is -2.40. The van der Waals surface area contributed by atoms with E-state index in [0.717, 1.165) is 22.7 Å².